The second-order valence-corrected chi connectivity index (χ2v) is 4.49. The Balaban J connectivity index is 2.75. The van der Waals surface area contributed by atoms with Gasteiger partial charge in [0.2, 0.25) is 0 Å². The summed E-state index contributed by atoms with van der Waals surface area (Å²) in [5.41, 5.74) is 0.713. The predicted molar refractivity (Wildman–Crippen MR) is 68.0 cm³/mol. The standard InChI is InChI=1S/C12H11ClO2S/c1-9(14)16-7-3-4-10-8-11(15-2)5-6-12(10)13/h5-6,8H,7H2,1-2H3. The fourth-order valence-electron chi connectivity index (χ4n) is 0.996. The second kappa shape index (κ2) is 6.47. The molecule has 0 heterocycles. The first-order valence-corrected chi connectivity index (χ1v) is 5.95. The zero-order valence-corrected chi connectivity index (χ0v) is 10.6. The Bertz CT molecular complexity index is 446. The molecule has 0 radical (unpaired) electrons. The predicted octanol–water partition coefficient (Wildman–Crippen LogP) is 2.98. The molecule has 0 atom stereocenters. The molecule has 1 aromatic carbocycles. The maximum atomic E-state index is 10.7. The van der Waals surface area contributed by atoms with Crippen LogP contribution in [0.5, 0.6) is 5.75 Å². The van der Waals surface area contributed by atoms with Crippen molar-refractivity contribution in [3.05, 3.63) is 28.8 Å². The van der Waals surface area contributed by atoms with E-state index < -0.39 is 0 Å². The third kappa shape index (κ3) is 4.18. The fraction of sp³-hybridized carbons (Fsp3) is 0.250. The molecule has 0 amide bonds. The molecular formula is C12H11ClO2S. The molecule has 0 aliphatic heterocycles. The number of hydrogen-bond acceptors (Lipinski definition) is 3. The third-order valence-electron chi connectivity index (χ3n) is 1.74. The number of hydrogen-bond donors (Lipinski definition) is 0. The second-order valence-electron chi connectivity index (χ2n) is 2.93. The van der Waals surface area contributed by atoms with Crippen LogP contribution >= 0.6 is 23.4 Å². The van der Waals surface area contributed by atoms with E-state index in [-0.39, 0.29) is 5.12 Å². The summed E-state index contributed by atoms with van der Waals surface area (Å²) in [5, 5.41) is 0.646. The van der Waals surface area contributed by atoms with Crippen LogP contribution in [0.3, 0.4) is 0 Å². The highest BCUT2D eigenvalue weighted by Crippen LogP contribution is 2.20. The smallest absolute Gasteiger partial charge is 0.186 e. The molecule has 0 spiro atoms. The van der Waals surface area contributed by atoms with Gasteiger partial charge in [-0.1, -0.05) is 35.2 Å². The summed E-state index contributed by atoms with van der Waals surface area (Å²) in [5.74, 6) is 6.98. The number of rotatable bonds is 2. The SMILES string of the molecule is COc1ccc(Cl)c(C#CCSC(C)=O)c1. The van der Waals surface area contributed by atoms with E-state index in [1.54, 1.807) is 25.3 Å². The van der Waals surface area contributed by atoms with E-state index in [1.165, 1.54) is 18.7 Å². The highest BCUT2D eigenvalue weighted by molar-refractivity contribution is 8.13. The molecule has 1 aromatic rings. The Hall–Kier alpha value is -1.11. The molecule has 0 saturated heterocycles. The van der Waals surface area contributed by atoms with Crippen molar-refractivity contribution in [1.29, 1.82) is 0 Å². The van der Waals surface area contributed by atoms with E-state index in [2.05, 4.69) is 11.8 Å². The maximum absolute atomic E-state index is 10.7. The summed E-state index contributed by atoms with van der Waals surface area (Å²) >= 11 is 7.14. The molecule has 0 aliphatic carbocycles. The molecule has 0 saturated carbocycles. The van der Waals surface area contributed by atoms with Crippen molar-refractivity contribution in [2.24, 2.45) is 0 Å². The van der Waals surface area contributed by atoms with Crippen molar-refractivity contribution in [1.82, 2.24) is 0 Å². The van der Waals surface area contributed by atoms with Crippen molar-refractivity contribution in [3.63, 3.8) is 0 Å². The number of carbonyl (C=O) groups is 1. The third-order valence-corrected chi connectivity index (χ3v) is 2.77. The lowest BCUT2D eigenvalue weighted by Gasteiger charge is -2.00. The van der Waals surface area contributed by atoms with Crippen molar-refractivity contribution < 1.29 is 9.53 Å². The zero-order valence-electron chi connectivity index (χ0n) is 9.04. The molecule has 0 bridgehead atoms. The molecule has 0 N–H and O–H groups in total. The molecule has 0 aromatic heterocycles. The van der Waals surface area contributed by atoms with Crippen molar-refractivity contribution in [3.8, 4) is 17.6 Å². The van der Waals surface area contributed by atoms with Gasteiger partial charge in [0, 0.05) is 12.5 Å². The van der Waals surface area contributed by atoms with Crippen LogP contribution in [0.25, 0.3) is 0 Å². The largest absolute Gasteiger partial charge is 0.497 e. The van der Waals surface area contributed by atoms with Crippen molar-refractivity contribution >= 4 is 28.5 Å². The van der Waals surface area contributed by atoms with E-state index in [4.69, 9.17) is 16.3 Å². The molecule has 16 heavy (non-hydrogen) atoms. The van der Waals surface area contributed by atoms with Gasteiger partial charge in [-0.3, -0.25) is 4.79 Å². The van der Waals surface area contributed by atoms with Crippen molar-refractivity contribution in [2.45, 2.75) is 6.92 Å². The summed E-state index contributed by atoms with van der Waals surface area (Å²) in [7, 11) is 1.59. The van der Waals surface area contributed by atoms with E-state index in [0.29, 0.717) is 22.1 Å². The van der Waals surface area contributed by atoms with Crippen LogP contribution in [0, 0.1) is 11.8 Å². The van der Waals surface area contributed by atoms with Crippen LogP contribution < -0.4 is 4.74 Å². The van der Waals surface area contributed by atoms with Gasteiger partial charge >= 0.3 is 0 Å². The zero-order chi connectivity index (χ0) is 12.0. The number of ether oxygens (including phenoxy) is 1. The van der Waals surface area contributed by atoms with E-state index in [1.807, 2.05) is 0 Å². The number of halogens is 1. The van der Waals surface area contributed by atoms with Crippen molar-refractivity contribution in [2.75, 3.05) is 12.9 Å². The van der Waals surface area contributed by atoms with Gasteiger partial charge in [-0.25, -0.2) is 0 Å². The molecule has 0 aliphatic rings. The van der Waals surface area contributed by atoms with Crippen LogP contribution in [0.2, 0.25) is 5.02 Å². The molecule has 0 unspecified atom stereocenters. The van der Waals surface area contributed by atoms with Gasteiger partial charge in [0.05, 0.1) is 17.9 Å². The minimum atomic E-state index is 0.0611. The van der Waals surface area contributed by atoms with E-state index >= 15 is 0 Å². The number of carbonyl (C=O) groups excluding carboxylic acids is 1. The average Bonchev–Trinajstić information content (AvgIpc) is 2.26. The fourth-order valence-corrected chi connectivity index (χ4v) is 1.51. The van der Waals surface area contributed by atoms with Gasteiger partial charge in [0.15, 0.2) is 5.12 Å². The van der Waals surface area contributed by atoms with Crippen LogP contribution in [-0.2, 0) is 4.79 Å². The van der Waals surface area contributed by atoms with Crippen LogP contribution in [0.15, 0.2) is 18.2 Å². The monoisotopic (exact) mass is 254 g/mol. The summed E-state index contributed by atoms with van der Waals surface area (Å²) in [4.78, 5) is 10.7. The summed E-state index contributed by atoms with van der Waals surface area (Å²) < 4.78 is 5.07. The first-order valence-electron chi connectivity index (χ1n) is 4.59. The van der Waals surface area contributed by atoms with Crippen LogP contribution in [0.4, 0.5) is 0 Å². The minimum Gasteiger partial charge on any atom is -0.497 e. The molecule has 84 valence electrons. The molecular weight excluding hydrogens is 244 g/mol. The van der Waals surface area contributed by atoms with Gasteiger partial charge in [-0.15, -0.1) is 0 Å². The Morgan fingerprint density at radius 3 is 2.94 bits per heavy atom. The van der Waals surface area contributed by atoms with Gasteiger partial charge in [-0.05, 0) is 18.2 Å². The molecule has 0 fully saturated rings. The Morgan fingerprint density at radius 1 is 1.56 bits per heavy atom. The van der Waals surface area contributed by atoms with E-state index in [9.17, 15) is 4.79 Å². The minimum absolute atomic E-state index is 0.0611. The number of methoxy groups -OCH3 is 1. The van der Waals surface area contributed by atoms with Gasteiger partial charge < -0.3 is 4.74 Å². The Morgan fingerprint density at radius 2 is 2.31 bits per heavy atom. The first kappa shape index (κ1) is 13.0. The van der Waals surface area contributed by atoms with Crippen LogP contribution in [-0.4, -0.2) is 18.0 Å². The number of benzene rings is 1. The van der Waals surface area contributed by atoms with Gasteiger partial charge in [0.25, 0.3) is 0 Å². The molecule has 4 heteroatoms. The van der Waals surface area contributed by atoms with E-state index in [0.717, 1.165) is 0 Å². The lowest BCUT2D eigenvalue weighted by Crippen LogP contribution is -1.85. The van der Waals surface area contributed by atoms with Crippen LogP contribution in [0.1, 0.15) is 12.5 Å². The molecule has 2 nitrogen and oxygen atoms in total. The highest BCUT2D eigenvalue weighted by Gasteiger charge is 1.99. The summed E-state index contributed by atoms with van der Waals surface area (Å²) in [6.07, 6.45) is 0. The maximum Gasteiger partial charge on any atom is 0.186 e. The lowest BCUT2D eigenvalue weighted by atomic mass is 10.2. The Labute approximate surface area is 104 Å². The topological polar surface area (TPSA) is 26.3 Å². The number of thioether (sulfide) groups is 1. The summed E-state index contributed by atoms with van der Waals surface area (Å²) in [6, 6.07) is 5.29. The lowest BCUT2D eigenvalue weighted by molar-refractivity contribution is -0.109. The highest BCUT2D eigenvalue weighted by atomic mass is 35.5. The molecule has 1 rings (SSSR count). The average molecular weight is 255 g/mol. The van der Waals surface area contributed by atoms with Gasteiger partial charge in [0.1, 0.15) is 5.75 Å². The first-order chi connectivity index (χ1) is 7.63. The quantitative estimate of drug-likeness (QED) is 0.759. The summed E-state index contributed by atoms with van der Waals surface area (Å²) in [6.45, 7) is 1.52. The van der Waals surface area contributed by atoms with Gasteiger partial charge in [-0.2, -0.15) is 0 Å². The normalized spacial score (nSPS) is 9.19. The Kier molecular flexibility index (Phi) is 5.24.